The van der Waals surface area contributed by atoms with Gasteiger partial charge in [-0.25, -0.2) is 0 Å². The van der Waals surface area contributed by atoms with Gasteiger partial charge >= 0.3 is 0 Å². The second-order valence-corrected chi connectivity index (χ2v) is 6.14. The molecule has 1 saturated heterocycles. The summed E-state index contributed by atoms with van der Waals surface area (Å²) >= 11 is 2.05. The lowest BCUT2D eigenvalue weighted by Crippen LogP contribution is -2.33. The van der Waals surface area contributed by atoms with Crippen LogP contribution in [0.15, 0.2) is 18.2 Å². The van der Waals surface area contributed by atoms with Gasteiger partial charge in [-0.15, -0.1) is 0 Å². The van der Waals surface area contributed by atoms with Crippen molar-refractivity contribution in [1.82, 2.24) is 0 Å². The summed E-state index contributed by atoms with van der Waals surface area (Å²) in [5.41, 5.74) is 10.1. The van der Waals surface area contributed by atoms with Crippen molar-refractivity contribution in [3.63, 3.8) is 0 Å². The van der Waals surface area contributed by atoms with Gasteiger partial charge in [0.1, 0.15) is 0 Å². The van der Waals surface area contributed by atoms with E-state index in [1.165, 1.54) is 41.4 Å². The third kappa shape index (κ3) is 3.39. The molecule has 0 bridgehead atoms. The molecule has 0 saturated carbocycles. The van der Waals surface area contributed by atoms with Crippen molar-refractivity contribution in [1.29, 1.82) is 0 Å². The summed E-state index contributed by atoms with van der Waals surface area (Å²) in [6.45, 7) is 6.57. The number of hydrogen-bond donors (Lipinski definition) is 1. The van der Waals surface area contributed by atoms with E-state index < -0.39 is 0 Å². The smallest absolute Gasteiger partial charge is 0.0400 e. The molecule has 17 heavy (non-hydrogen) atoms. The Balaban J connectivity index is 2.24. The van der Waals surface area contributed by atoms with Gasteiger partial charge in [0.15, 0.2) is 0 Å². The number of hydrogen-bond acceptors (Lipinski definition) is 3. The second-order valence-electron chi connectivity index (χ2n) is 4.91. The van der Waals surface area contributed by atoms with Crippen LogP contribution in [0.3, 0.4) is 0 Å². The number of nitrogens with two attached hydrogens (primary N) is 1. The normalized spacial score (nSPS) is 18.2. The average Bonchev–Trinajstić information content (AvgIpc) is 2.29. The van der Waals surface area contributed by atoms with Crippen molar-refractivity contribution < 1.29 is 0 Å². The van der Waals surface area contributed by atoms with E-state index in [-0.39, 0.29) is 6.04 Å². The Bertz CT molecular complexity index is 370. The minimum Gasteiger partial charge on any atom is -0.370 e. The Morgan fingerprint density at radius 2 is 2.06 bits per heavy atom. The Labute approximate surface area is 109 Å². The van der Waals surface area contributed by atoms with Gasteiger partial charge in [-0.2, -0.15) is 11.8 Å². The minimum absolute atomic E-state index is 0.231. The molecule has 1 fully saturated rings. The minimum atomic E-state index is 0.231. The molecule has 1 aliphatic rings. The number of aryl methyl sites for hydroxylation is 1. The molecule has 1 heterocycles. The zero-order valence-electron chi connectivity index (χ0n) is 10.8. The first-order valence-electron chi connectivity index (χ1n) is 6.34. The van der Waals surface area contributed by atoms with Crippen molar-refractivity contribution in [2.45, 2.75) is 26.3 Å². The lowest BCUT2D eigenvalue weighted by molar-refractivity contribution is 0.731. The van der Waals surface area contributed by atoms with Gasteiger partial charge in [0.2, 0.25) is 0 Å². The van der Waals surface area contributed by atoms with Crippen LogP contribution in [-0.2, 0) is 6.42 Å². The number of thioether (sulfide) groups is 1. The fraction of sp³-hybridized carbons (Fsp3) is 0.571. The third-order valence-corrected chi connectivity index (χ3v) is 4.07. The van der Waals surface area contributed by atoms with Crippen molar-refractivity contribution in [2.75, 3.05) is 29.5 Å². The molecule has 2 N–H and O–H groups in total. The highest BCUT2D eigenvalue weighted by molar-refractivity contribution is 7.99. The quantitative estimate of drug-likeness (QED) is 0.893. The predicted octanol–water partition coefficient (Wildman–Crippen LogP) is 2.44. The molecule has 1 aromatic carbocycles. The van der Waals surface area contributed by atoms with Crippen molar-refractivity contribution in [3.8, 4) is 0 Å². The summed E-state index contributed by atoms with van der Waals surface area (Å²) in [4.78, 5) is 2.51. The van der Waals surface area contributed by atoms with Crippen LogP contribution in [0.4, 0.5) is 5.69 Å². The van der Waals surface area contributed by atoms with E-state index in [2.05, 4.69) is 36.9 Å². The van der Waals surface area contributed by atoms with E-state index in [0.29, 0.717) is 0 Å². The van der Waals surface area contributed by atoms with E-state index in [9.17, 15) is 0 Å². The van der Waals surface area contributed by atoms with Crippen molar-refractivity contribution >= 4 is 17.4 Å². The van der Waals surface area contributed by atoms with E-state index in [1.54, 1.807) is 0 Å². The van der Waals surface area contributed by atoms with Gasteiger partial charge in [0.05, 0.1) is 0 Å². The van der Waals surface area contributed by atoms with Gasteiger partial charge in [-0.1, -0.05) is 17.7 Å². The van der Waals surface area contributed by atoms with Crippen LogP contribution >= 0.6 is 11.8 Å². The average molecular weight is 250 g/mol. The first kappa shape index (κ1) is 12.8. The summed E-state index contributed by atoms with van der Waals surface area (Å²) in [6, 6.07) is 7.00. The zero-order valence-corrected chi connectivity index (χ0v) is 11.6. The topological polar surface area (TPSA) is 29.3 Å². The van der Waals surface area contributed by atoms with Crippen LogP contribution in [0.5, 0.6) is 0 Å². The Hall–Kier alpha value is -0.670. The second kappa shape index (κ2) is 5.78. The first-order chi connectivity index (χ1) is 8.16. The molecule has 0 aromatic heterocycles. The molecule has 1 aliphatic heterocycles. The van der Waals surface area contributed by atoms with Gasteiger partial charge in [-0.05, 0) is 31.9 Å². The number of nitrogens with zero attached hydrogens (tertiary/aromatic N) is 1. The molecule has 1 aromatic rings. The molecule has 0 amide bonds. The molecule has 0 radical (unpaired) electrons. The third-order valence-electron chi connectivity index (χ3n) is 3.13. The molecule has 1 unspecified atom stereocenters. The predicted molar refractivity (Wildman–Crippen MR) is 78.1 cm³/mol. The van der Waals surface area contributed by atoms with Gasteiger partial charge in [0.25, 0.3) is 0 Å². The highest BCUT2D eigenvalue weighted by Crippen LogP contribution is 2.25. The highest BCUT2D eigenvalue weighted by Gasteiger charge is 2.15. The zero-order chi connectivity index (χ0) is 12.3. The molecule has 0 spiro atoms. The summed E-state index contributed by atoms with van der Waals surface area (Å²) in [7, 11) is 0. The summed E-state index contributed by atoms with van der Waals surface area (Å²) in [5.74, 6) is 2.48. The van der Waals surface area contributed by atoms with E-state index in [0.717, 1.165) is 6.42 Å². The van der Waals surface area contributed by atoms with E-state index >= 15 is 0 Å². The number of benzene rings is 1. The molecule has 0 aliphatic carbocycles. The van der Waals surface area contributed by atoms with Crippen molar-refractivity contribution in [3.05, 3.63) is 29.3 Å². The molecular formula is C14H22N2S. The lowest BCUT2D eigenvalue weighted by atomic mass is 10.0. The maximum atomic E-state index is 5.95. The molecule has 1 atom stereocenters. The van der Waals surface area contributed by atoms with Gasteiger partial charge < -0.3 is 10.6 Å². The summed E-state index contributed by atoms with van der Waals surface area (Å²) in [6.07, 6.45) is 0.973. The molecule has 3 heteroatoms. The van der Waals surface area contributed by atoms with E-state index in [4.69, 9.17) is 5.73 Å². The maximum absolute atomic E-state index is 5.95. The first-order valence-corrected chi connectivity index (χ1v) is 7.50. The summed E-state index contributed by atoms with van der Waals surface area (Å²) < 4.78 is 0. The van der Waals surface area contributed by atoms with Gasteiger partial charge in [-0.3, -0.25) is 0 Å². The lowest BCUT2D eigenvalue weighted by Gasteiger charge is -2.31. The Kier molecular flexibility index (Phi) is 4.35. The monoisotopic (exact) mass is 250 g/mol. The number of rotatable bonds is 3. The van der Waals surface area contributed by atoms with Crippen LogP contribution in [0.2, 0.25) is 0 Å². The fourth-order valence-electron chi connectivity index (χ4n) is 2.34. The SMILES string of the molecule is Cc1ccc(N2CCSCC2)c(CC(C)N)c1. The number of anilines is 1. The van der Waals surface area contributed by atoms with Crippen LogP contribution in [0, 0.1) is 6.92 Å². The Morgan fingerprint density at radius 3 is 2.71 bits per heavy atom. The van der Waals surface area contributed by atoms with Crippen LogP contribution in [0.1, 0.15) is 18.1 Å². The largest absolute Gasteiger partial charge is 0.370 e. The Morgan fingerprint density at radius 1 is 1.35 bits per heavy atom. The summed E-state index contributed by atoms with van der Waals surface area (Å²) in [5, 5.41) is 0. The van der Waals surface area contributed by atoms with Crippen LogP contribution in [-0.4, -0.2) is 30.6 Å². The molecule has 94 valence electrons. The van der Waals surface area contributed by atoms with Crippen LogP contribution < -0.4 is 10.6 Å². The van der Waals surface area contributed by atoms with Gasteiger partial charge in [0, 0.05) is 36.3 Å². The molecule has 2 nitrogen and oxygen atoms in total. The molecular weight excluding hydrogens is 228 g/mol. The fourth-order valence-corrected chi connectivity index (χ4v) is 3.24. The van der Waals surface area contributed by atoms with E-state index in [1.807, 2.05) is 11.8 Å². The standard InChI is InChI=1S/C14H22N2S/c1-11-3-4-14(13(9-11)10-12(2)15)16-5-7-17-8-6-16/h3-4,9,12H,5-8,10,15H2,1-2H3. The maximum Gasteiger partial charge on any atom is 0.0400 e. The van der Waals surface area contributed by atoms with Crippen LogP contribution in [0.25, 0.3) is 0 Å². The van der Waals surface area contributed by atoms with Crippen molar-refractivity contribution in [2.24, 2.45) is 5.73 Å². The molecule has 2 rings (SSSR count). The highest BCUT2D eigenvalue weighted by atomic mass is 32.2.